The Kier molecular flexibility index (Phi) is 6.85. The van der Waals surface area contributed by atoms with Gasteiger partial charge in [0, 0.05) is 34.4 Å². The van der Waals surface area contributed by atoms with Crippen LogP contribution in [0.15, 0.2) is 194 Å². The first-order chi connectivity index (χ1) is 25.3. The first kappa shape index (κ1) is 29.2. The molecule has 0 saturated carbocycles. The summed E-state index contributed by atoms with van der Waals surface area (Å²) in [4.78, 5) is 4.35. The number of rotatable bonds is 5. The third kappa shape index (κ3) is 4.84. The van der Waals surface area contributed by atoms with Crippen LogP contribution in [-0.2, 0) is 0 Å². The largest absolute Gasteiger partial charge is 0.309 e. The molecule has 0 spiro atoms. The number of nitrogens with zero attached hydrogens (tertiary/aromatic N) is 2. The maximum atomic E-state index is 4.35. The molecule has 0 fully saturated rings. The fourth-order valence-corrected chi connectivity index (χ4v) is 7.98. The molecule has 10 rings (SSSR count). The van der Waals surface area contributed by atoms with Gasteiger partial charge in [-0.3, -0.25) is 4.98 Å². The summed E-state index contributed by atoms with van der Waals surface area (Å²) in [5.74, 6) is 0. The van der Waals surface area contributed by atoms with Gasteiger partial charge in [-0.1, -0.05) is 146 Å². The lowest BCUT2D eigenvalue weighted by atomic mass is 9.86. The summed E-state index contributed by atoms with van der Waals surface area (Å²) in [6, 6.07) is 66.1. The molecule has 0 amide bonds. The molecule has 0 aliphatic heterocycles. The summed E-state index contributed by atoms with van der Waals surface area (Å²) in [5.41, 5.74) is 13.1. The Morgan fingerprint density at radius 1 is 0.314 bits per heavy atom. The lowest BCUT2D eigenvalue weighted by Gasteiger charge is -2.18. The fourth-order valence-electron chi connectivity index (χ4n) is 7.98. The van der Waals surface area contributed by atoms with Crippen LogP contribution in [-0.4, -0.2) is 9.55 Å². The van der Waals surface area contributed by atoms with E-state index in [0.29, 0.717) is 0 Å². The highest BCUT2D eigenvalue weighted by atomic mass is 15.0. The van der Waals surface area contributed by atoms with Gasteiger partial charge in [-0.2, -0.15) is 0 Å². The van der Waals surface area contributed by atoms with E-state index in [0.717, 1.165) is 16.8 Å². The summed E-state index contributed by atoms with van der Waals surface area (Å²) in [6.07, 6.45) is 3.74. The van der Waals surface area contributed by atoms with Crippen molar-refractivity contribution in [2.45, 2.75) is 0 Å². The minimum absolute atomic E-state index is 1.11. The zero-order valence-electron chi connectivity index (χ0n) is 27.9. The van der Waals surface area contributed by atoms with Crippen LogP contribution >= 0.6 is 0 Å². The maximum Gasteiger partial charge on any atom is 0.0547 e. The second-order valence-electron chi connectivity index (χ2n) is 13.2. The molecule has 0 N–H and O–H groups in total. The molecule has 0 bridgehead atoms. The third-order valence-electron chi connectivity index (χ3n) is 10.3. The van der Waals surface area contributed by atoms with Crippen LogP contribution in [0.5, 0.6) is 0 Å². The number of benzene rings is 8. The number of fused-ring (bicyclic) bond motifs is 5. The minimum atomic E-state index is 1.11. The zero-order valence-corrected chi connectivity index (χ0v) is 27.9. The standard InChI is InChI=1S/C49H32N2/c1-3-13-33(14-4-1)48-42-20-7-9-22-44(42)49(45-23-10-8-21-43(45)48)37-25-27-41-40-26-24-36(34-15-11-16-35(29-34)38-17-12-28-50-32-38)30-46(40)51(47(41)31-37)39-18-5-2-6-19-39/h1-32H. The van der Waals surface area contributed by atoms with E-state index >= 15 is 0 Å². The van der Waals surface area contributed by atoms with E-state index in [1.807, 2.05) is 18.5 Å². The van der Waals surface area contributed by atoms with Crippen molar-refractivity contribution in [3.8, 4) is 50.2 Å². The van der Waals surface area contributed by atoms with Gasteiger partial charge < -0.3 is 4.57 Å². The third-order valence-corrected chi connectivity index (χ3v) is 10.3. The van der Waals surface area contributed by atoms with Crippen molar-refractivity contribution >= 4 is 43.4 Å². The molecule has 8 aromatic carbocycles. The average molecular weight is 649 g/mol. The van der Waals surface area contributed by atoms with Crippen LogP contribution in [0.3, 0.4) is 0 Å². The number of aromatic nitrogens is 2. The van der Waals surface area contributed by atoms with Crippen molar-refractivity contribution < 1.29 is 0 Å². The molecule has 2 heterocycles. The van der Waals surface area contributed by atoms with Crippen molar-refractivity contribution in [1.29, 1.82) is 0 Å². The molecule has 238 valence electrons. The Morgan fingerprint density at radius 3 is 1.39 bits per heavy atom. The van der Waals surface area contributed by atoms with E-state index in [1.54, 1.807) is 0 Å². The van der Waals surface area contributed by atoms with Crippen LogP contribution in [0.2, 0.25) is 0 Å². The second-order valence-corrected chi connectivity index (χ2v) is 13.2. The van der Waals surface area contributed by atoms with E-state index in [-0.39, 0.29) is 0 Å². The molecule has 0 unspecified atom stereocenters. The van der Waals surface area contributed by atoms with Gasteiger partial charge in [-0.25, -0.2) is 0 Å². The second kappa shape index (κ2) is 12.0. The van der Waals surface area contributed by atoms with Gasteiger partial charge in [-0.15, -0.1) is 0 Å². The van der Waals surface area contributed by atoms with Crippen molar-refractivity contribution in [2.24, 2.45) is 0 Å². The molecule has 2 aromatic heterocycles. The Balaban J connectivity index is 1.23. The first-order valence-corrected chi connectivity index (χ1v) is 17.5. The predicted molar refractivity (Wildman–Crippen MR) is 215 cm³/mol. The minimum Gasteiger partial charge on any atom is -0.309 e. The normalized spacial score (nSPS) is 11.5. The smallest absolute Gasteiger partial charge is 0.0547 e. The van der Waals surface area contributed by atoms with Crippen molar-refractivity contribution in [1.82, 2.24) is 9.55 Å². The van der Waals surface area contributed by atoms with Gasteiger partial charge in [-0.05, 0) is 96.9 Å². The van der Waals surface area contributed by atoms with Crippen molar-refractivity contribution in [2.75, 3.05) is 0 Å². The van der Waals surface area contributed by atoms with Gasteiger partial charge in [0.05, 0.1) is 11.0 Å². The lowest BCUT2D eigenvalue weighted by Crippen LogP contribution is -1.94. The molecule has 0 radical (unpaired) electrons. The van der Waals surface area contributed by atoms with Gasteiger partial charge in [0.1, 0.15) is 0 Å². The molecule has 2 heteroatoms. The van der Waals surface area contributed by atoms with E-state index in [4.69, 9.17) is 0 Å². The SMILES string of the molecule is c1ccc(-c2c3ccccc3c(-c3ccc4c5ccc(-c6cccc(-c7cccnc7)c6)cc5n(-c5ccccc5)c4c3)c3ccccc23)cc1. The number of para-hydroxylation sites is 1. The Morgan fingerprint density at radius 2 is 0.784 bits per heavy atom. The van der Waals surface area contributed by atoms with Crippen LogP contribution in [0, 0.1) is 0 Å². The summed E-state index contributed by atoms with van der Waals surface area (Å²) < 4.78 is 2.44. The topological polar surface area (TPSA) is 17.8 Å². The van der Waals surface area contributed by atoms with Crippen molar-refractivity contribution in [3.63, 3.8) is 0 Å². The molecule has 0 saturated heterocycles. The predicted octanol–water partition coefficient (Wildman–Crippen LogP) is 13.2. The monoisotopic (exact) mass is 648 g/mol. The Labute approximate surface area is 296 Å². The van der Waals surface area contributed by atoms with Crippen LogP contribution in [0.4, 0.5) is 0 Å². The van der Waals surface area contributed by atoms with Crippen molar-refractivity contribution in [3.05, 3.63) is 194 Å². The van der Waals surface area contributed by atoms with Gasteiger partial charge in [0.15, 0.2) is 0 Å². The Hall–Kier alpha value is -6.77. The van der Waals surface area contributed by atoms with Crippen LogP contribution < -0.4 is 0 Å². The highest BCUT2D eigenvalue weighted by molar-refractivity contribution is 6.22. The van der Waals surface area contributed by atoms with Crippen LogP contribution in [0.25, 0.3) is 93.5 Å². The van der Waals surface area contributed by atoms with Gasteiger partial charge in [0.2, 0.25) is 0 Å². The molecular formula is C49H32N2. The van der Waals surface area contributed by atoms with E-state index in [9.17, 15) is 0 Å². The summed E-state index contributed by atoms with van der Waals surface area (Å²) in [7, 11) is 0. The molecule has 2 nitrogen and oxygen atoms in total. The van der Waals surface area contributed by atoms with E-state index in [1.165, 1.54) is 76.7 Å². The number of hydrogen-bond acceptors (Lipinski definition) is 1. The Bertz CT molecular complexity index is 2830. The quantitative estimate of drug-likeness (QED) is 0.170. The highest BCUT2D eigenvalue weighted by Crippen LogP contribution is 2.45. The number of hydrogen-bond donors (Lipinski definition) is 0. The van der Waals surface area contributed by atoms with E-state index < -0.39 is 0 Å². The molecule has 0 aliphatic carbocycles. The zero-order chi connectivity index (χ0) is 33.7. The van der Waals surface area contributed by atoms with Gasteiger partial charge >= 0.3 is 0 Å². The molecule has 0 aliphatic rings. The highest BCUT2D eigenvalue weighted by Gasteiger charge is 2.19. The number of pyridine rings is 1. The van der Waals surface area contributed by atoms with Crippen LogP contribution in [0.1, 0.15) is 0 Å². The fraction of sp³-hybridized carbons (Fsp3) is 0. The lowest BCUT2D eigenvalue weighted by molar-refractivity contribution is 1.18. The average Bonchev–Trinajstić information content (AvgIpc) is 3.53. The molecular weight excluding hydrogens is 617 g/mol. The molecule has 0 atom stereocenters. The molecule has 10 aromatic rings. The summed E-state index contributed by atoms with van der Waals surface area (Å²) >= 11 is 0. The first-order valence-electron chi connectivity index (χ1n) is 17.5. The summed E-state index contributed by atoms with van der Waals surface area (Å²) in [5, 5.41) is 7.52. The van der Waals surface area contributed by atoms with Gasteiger partial charge in [0.25, 0.3) is 0 Å². The van der Waals surface area contributed by atoms with E-state index in [2.05, 4.69) is 185 Å². The molecule has 51 heavy (non-hydrogen) atoms. The summed E-state index contributed by atoms with van der Waals surface area (Å²) in [6.45, 7) is 0. The maximum absolute atomic E-state index is 4.35.